The number of fused-ring (bicyclic) bond motifs is 1. The first-order valence-corrected chi connectivity index (χ1v) is 8.56. The summed E-state index contributed by atoms with van der Waals surface area (Å²) in [7, 11) is 0. The molecule has 1 N–H and O–H groups in total. The third kappa shape index (κ3) is 4.01. The smallest absolute Gasteiger partial charge is 0.220 e. The van der Waals surface area contributed by atoms with Gasteiger partial charge in [0.05, 0.1) is 0 Å². The first-order chi connectivity index (χ1) is 11.2. The molecular weight excluding hydrogens is 286 g/mol. The van der Waals surface area contributed by atoms with Gasteiger partial charge in [-0.25, -0.2) is 4.98 Å². The zero-order valence-corrected chi connectivity index (χ0v) is 13.8. The van der Waals surface area contributed by atoms with Crippen LogP contribution in [-0.2, 0) is 17.8 Å². The Hall–Kier alpha value is -2.10. The van der Waals surface area contributed by atoms with Crippen molar-refractivity contribution in [2.45, 2.75) is 51.5 Å². The fraction of sp³-hybridized carbons (Fsp3) is 0.474. The Labute approximate surface area is 137 Å². The number of hydrogen-bond donors (Lipinski definition) is 1. The number of hydrogen-bond acceptors (Lipinski definition) is 2. The van der Waals surface area contributed by atoms with Crippen molar-refractivity contribution < 1.29 is 4.79 Å². The molecule has 1 unspecified atom stereocenters. The van der Waals surface area contributed by atoms with Gasteiger partial charge < -0.3 is 9.88 Å². The average molecular weight is 311 g/mol. The molecule has 0 saturated carbocycles. The summed E-state index contributed by atoms with van der Waals surface area (Å²) in [5.74, 6) is 1.58. The monoisotopic (exact) mass is 311 g/mol. The van der Waals surface area contributed by atoms with Crippen LogP contribution in [0.2, 0.25) is 0 Å². The molecule has 4 nitrogen and oxygen atoms in total. The van der Waals surface area contributed by atoms with Crippen LogP contribution in [0.3, 0.4) is 0 Å². The first kappa shape index (κ1) is 15.8. The van der Waals surface area contributed by atoms with Gasteiger partial charge in [-0.2, -0.15) is 0 Å². The minimum absolute atomic E-state index is 0.175. The van der Waals surface area contributed by atoms with E-state index in [1.165, 1.54) is 17.5 Å². The van der Waals surface area contributed by atoms with Crippen molar-refractivity contribution in [1.82, 2.24) is 14.9 Å². The molecule has 0 bridgehead atoms. The molecule has 1 amide bonds. The number of aryl methyl sites for hydroxylation is 3. The summed E-state index contributed by atoms with van der Waals surface area (Å²) < 4.78 is 2.11. The van der Waals surface area contributed by atoms with E-state index >= 15 is 0 Å². The van der Waals surface area contributed by atoms with Gasteiger partial charge in [-0.3, -0.25) is 4.79 Å². The van der Waals surface area contributed by atoms with Crippen LogP contribution in [0.1, 0.15) is 48.6 Å². The van der Waals surface area contributed by atoms with Gasteiger partial charge >= 0.3 is 0 Å². The predicted octanol–water partition coefficient (Wildman–Crippen LogP) is 3.21. The summed E-state index contributed by atoms with van der Waals surface area (Å²) in [5, 5.41) is 3.07. The second-order valence-corrected chi connectivity index (χ2v) is 6.36. The summed E-state index contributed by atoms with van der Waals surface area (Å²) in [6, 6.07) is 8.57. The van der Waals surface area contributed by atoms with Crippen LogP contribution in [0, 0.1) is 6.92 Å². The van der Waals surface area contributed by atoms with Crippen molar-refractivity contribution in [3.05, 3.63) is 53.6 Å². The number of nitrogens with one attached hydrogen (secondary N) is 1. The molecular formula is C19H25N3O. The van der Waals surface area contributed by atoms with Gasteiger partial charge in [0.25, 0.3) is 0 Å². The number of carbonyl (C=O) groups excluding carboxylic acids is 1. The zero-order valence-electron chi connectivity index (χ0n) is 13.8. The molecule has 0 fully saturated rings. The van der Waals surface area contributed by atoms with Crippen LogP contribution < -0.4 is 5.32 Å². The summed E-state index contributed by atoms with van der Waals surface area (Å²) in [6.07, 6.45) is 8.81. The second-order valence-electron chi connectivity index (χ2n) is 6.36. The van der Waals surface area contributed by atoms with Crippen molar-refractivity contribution >= 4 is 5.91 Å². The van der Waals surface area contributed by atoms with E-state index in [2.05, 4.69) is 39.1 Å². The molecule has 1 aliphatic carbocycles. The third-order valence-electron chi connectivity index (χ3n) is 4.75. The Kier molecular flexibility index (Phi) is 5.11. The SMILES string of the molecule is Cc1nccn1CCCNC(=O)CC1CCCc2ccccc21. The summed E-state index contributed by atoms with van der Waals surface area (Å²) in [5.41, 5.74) is 2.80. The number of carbonyl (C=O) groups is 1. The van der Waals surface area contributed by atoms with E-state index in [1.807, 2.05) is 19.3 Å². The minimum atomic E-state index is 0.175. The highest BCUT2D eigenvalue weighted by atomic mass is 16.1. The molecule has 4 heteroatoms. The maximum atomic E-state index is 12.2. The van der Waals surface area contributed by atoms with E-state index in [4.69, 9.17) is 0 Å². The molecule has 122 valence electrons. The standard InChI is InChI=1S/C19H25N3O/c1-15-20-11-13-22(15)12-5-10-21-19(23)14-17-8-4-7-16-6-2-3-9-18(16)17/h2-3,6,9,11,13,17H,4-5,7-8,10,12,14H2,1H3,(H,21,23). The summed E-state index contributed by atoms with van der Waals surface area (Å²) >= 11 is 0. The molecule has 1 aromatic heterocycles. The fourth-order valence-corrected chi connectivity index (χ4v) is 3.48. The average Bonchev–Trinajstić information content (AvgIpc) is 2.97. The molecule has 0 radical (unpaired) electrons. The van der Waals surface area contributed by atoms with Gasteiger partial charge in [0.15, 0.2) is 0 Å². The number of benzene rings is 1. The second kappa shape index (κ2) is 7.44. The van der Waals surface area contributed by atoms with E-state index in [9.17, 15) is 4.79 Å². The van der Waals surface area contributed by atoms with Crippen molar-refractivity contribution in [3.8, 4) is 0 Å². The van der Waals surface area contributed by atoms with E-state index in [-0.39, 0.29) is 5.91 Å². The fourth-order valence-electron chi connectivity index (χ4n) is 3.48. The lowest BCUT2D eigenvalue weighted by Crippen LogP contribution is -2.27. The van der Waals surface area contributed by atoms with Crippen LogP contribution in [-0.4, -0.2) is 22.0 Å². The van der Waals surface area contributed by atoms with Crippen molar-refractivity contribution in [3.63, 3.8) is 0 Å². The summed E-state index contributed by atoms with van der Waals surface area (Å²) in [4.78, 5) is 16.4. The zero-order chi connectivity index (χ0) is 16.1. The lowest BCUT2D eigenvalue weighted by Gasteiger charge is -2.25. The number of imidazole rings is 1. The summed E-state index contributed by atoms with van der Waals surface area (Å²) in [6.45, 7) is 3.63. The highest BCUT2D eigenvalue weighted by Gasteiger charge is 2.21. The van der Waals surface area contributed by atoms with Gasteiger partial charge in [0.1, 0.15) is 5.82 Å². The maximum Gasteiger partial charge on any atom is 0.220 e. The van der Waals surface area contributed by atoms with E-state index in [0.29, 0.717) is 12.3 Å². The van der Waals surface area contributed by atoms with Crippen LogP contribution >= 0.6 is 0 Å². The van der Waals surface area contributed by atoms with Gasteiger partial charge in [0.2, 0.25) is 5.91 Å². The molecule has 2 aromatic rings. The Bertz CT molecular complexity index is 662. The van der Waals surface area contributed by atoms with Gasteiger partial charge in [0, 0.05) is 31.9 Å². The molecule has 0 aliphatic heterocycles. The maximum absolute atomic E-state index is 12.2. The third-order valence-corrected chi connectivity index (χ3v) is 4.75. The quantitative estimate of drug-likeness (QED) is 0.833. The van der Waals surface area contributed by atoms with Crippen LogP contribution in [0.4, 0.5) is 0 Å². The van der Waals surface area contributed by atoms with E-state index in [0.717, 1.165) is 38.2 Å². The van der Waals surface area contributed by atoms with Crippen LogP contribution in [0.15, 0.2) is 36.7 Å². The lowest BCUT2D eigenvalue weighted by atomic mass is 9.81. The first-order valence-electron chi connectivity index (χ1n) is 8.56. The Balaban J connectivity index is 1.44. The molecule has 1 heterocycles. The van der Waals surface area contributed by atoms with Gasteiger partial charge in [-0.15, -0.1) is 0 Å². The Morgan fingerprint density at radius 3 is 3.09 bits per heavy atom. The number of amides is 1. The highest BCUT2D eigenvalue weighted by molar-refractivity contribution is 5.77. The molecule has 1 atom stereocenters. The van der Waals surface area contributed by atoms with Crippen molar-refractivity contribution in [2.24, 2.45) is 0 Å². The lowest BCUT2D eigenvalue weighted by molar-refractivity contribution is -0.121. The Morgan fingerprint density at radius 1 is 1.39 bits per heavy atom. The number of aromatic nitrogens is 2. The van der Waals surface area contributed by atoms with E-state index < -0.39 is 0 Å². The largest absolute Gasteiger partial charge is 0.356 e. The van der Waals surface area contributed by atoms with Crippen LogP contribution in [0.5, 0.6) is 0 Å². The topological polar surface area (TPSA) is 46.9 Å². The van der Waals surface area contributed by atoms with Gasteiger partial charge in [-0.05, 0) is 49.7 Å². The molecule has 23 heavy (non-hydrogen) atoms. The number of nitrogens with zero attached hydrogens (tertiary/aromatic N) is 2. The molecule has 0 saturated heterocycles. The van der Waals surface area contributed by atoms with Crippen molar-refractivity contribution in [1.29, 1.82) is 0 Å². The van der Waals surface area contributed by atoms with Crippen LogP contribution in [0.25, 0.3) is 0 Å². The highest BCUT2D eigenvalue weighted by Crippen LogP contribution is 2.33. The predicted molar refractivity (Wildman–Crippen MR) is 91.3 cm³/mol. The normalized spacial score (nSPS) is 16.8. The van der Waals surface area contributed by atoms with E-state index in [1.54, 1.807) is 0 Å². The number of rotatable bonds is 6. The molecule has 1 aromatic carbocycles. The molecule has 0 spiro atoms. The Morgan fingerprint density at radius 2 is 2.26 bits per heavy atom. The van der Waals surface area contributed by atoms with Gasteiger partial charge in [-0.1, -0.05) is 24.3 Å². The minimum Gasteiger partial charge on any atom is -0.356 e. The van der Waals surface area contributed by atoms with Crippen molar-refractivity contribution in [2.75, 3.05) is 6.54 Å². The molecule has 3 rings (SSSR count). The molecule has 1 aliphatic rings.